The summed E-state index contributed by atoms with van der Waals surface area (Å²) >= 11 is 0. The molecule has 2 heteroatoms. The Balaban J connectivity index is 2.70. The maximum Gasteiger partial charge on any atom is 0.0303 e. The van der Waals surface area contributed by atoms with Crippen molar-refractivity contribution in [2.24, 2.45) is 5.73 Å². The number of likely N-dealkylation sites (tertiary alicyclic amines) is 1. The summed E-state index contributed by atoms with van der Waals surface area (Å²) in [5.74, 6) is 0. The first-order valence-electron chi connectivity index (χ1n) is 6.11. The van der Waals surface area contributed by atoms with E-state index < -0.39 is 0 Å². The highest BCUT2D eigenvalue weighted by Gasteiger charge is 2.32. The number of nitrogens with two attached hydrogens (primary N) is 1. The van der Waals surface area contributed by atoms with Gasteiger partial charge in [0.25, 0.3) is 0 Å². The van der Waals surface area contributed by atoms with E-state index in [0.717, 1.165) is 13.0 Å². The van der Waals surface area contributed by atoms with E-state index in [1.807, 2.05) is 0 Å². The Morgan fingerprint density at radius 1 is 1.36 bits per heavy atom. The van der Waals surface area contributed by atoms with Crippen molar-refractivity contribution in [3.05, 3.63) is 0 Å². The van der Waals surface area contributed by atoms with Gasteiger partial charge in [-0.1, -0.05) is 19.8 Å². The molecule has 0 aromatic rings. The van der Waals surface area contributed by atoms with Crippen LogP contribution in [0.2, 0.25) is 0 Å². The fraction of sp³-hybridized carbons (Fsp3) is 1.00. The number of hydrogen-bond acceptors (Lipinski definition) is 2. The lowest BCUT2D eigenvalue weighted by atomic mass is 9.94. The summed E-state index contributed by atoms with van der Waals surface area (Å²) in [6.45, 7) is 8.95. The quantitative estimate of drug-likeness (QED) is 0.754. The van der Waals surface area contributed by atoms with Crippen LogP contribution in [0.3, 0.4) is 0 Å². The van der Waals surface area contributed by atoms with Gasteiger partial charge in [-0.25, -0.2) is 0 Å². The summed E-state index contributed by atoms with van der Waals surface area (Å²) in [5.41, 5.74) is 6.15. The van der Waals surface area contributed by atoms with Crippen LogP contribution in [0.15, 0.2) is 0 Å². The van der Waals surface area contributed by atoms with E-state index in [2.05, 4.69) is 25.7 Å². The molecule has 0 amide bonds. The molecule has 0 saturated carbocycles. The maximum absolute atomic E-state index is 5.92. The van der Waals surface area contributed by atoms with Crippen LogP contribution < -0.4 is 5.73 Å². The lowest BCUT2D eigenvalue weighted by Crippen LogP contribution is -2.54. The molecule has 1 fully saturated rings. The second-order valence-electron chi connectivity index (χ2n) is 4.95. The molecule has 0 aromatic heterocycles. The molecule has 0 aliphatic carbocycles. The summed E-state index contributed by atoms with van der Waals surface area (Å²) in [6, 6.07) is 0.714. The zero-order valence-corrected chi connectivity index (χ0v) is 10.1. The van der Waals surface area contributed by atoms with Crippen molar-refractivity contribution in [1.29, 1.82) is 0 Å². The van der Waals surface area contributed by atoms with Gasteiger partial charge in [-0.05, 0) is 39.7 Å². The smallest absolute Gasteiger partial charge is 0.0303 e. The average Bonchev–Trinajstić information content (AvgIpc) is 2.42. The third kappa shape index (κ3) is 2.48. The van der Waals surface area contributed by atoms with E-state index in [0.29, 0.717) is 6.04 Å². The third-order valence-electron chi connectivity index (χ3n) is 3.95. The highest BCUT2D eigenvalue weighted by molar-refractivity contribution is 4.90. The van der Waals surface area contributed by atoms with Crippen LogP contribution in [0.25, 0.3) is 0 Å². The highest BCUT2D eigenvalue weighted by Crippen LogP contribution is 2.26. The molecule has 1 rings (SSSR count). The molecule has 1 saturated heterocycles. The Kier molecular flexibility index (Phi) is 4.39. The Morgan fingerprint density at radius 2 is 2.07 bits per heavy atom. The van der Waals surface area contributed by atoms with E-state index in [-0.39, 0.29) is 5.54 Å². The van der Waals surface area contributed by atoms with Gasteiger partial charge >= 0.3 is 0 Å². The van der Waals surface area contributed by atoms with E-state index in [9.17, 15) is 0 Å². The van der Waals surface area contributed by atoms with Crippen LogP contribution in [0.4, 0.5) is 0 Å². The predicted octanol–water partition coefficient (Wildman–Crippen LogP) is 2.38. The number of rotatable bonds is 3. The minimum atomic E-state index is 0.226. The Labute approximate surface area is 88.8 Å². The summed E-state index contributed by atoms with van der Waals surface area (Å²) in [4.78, 5) is 2.64. The minimum absolute atomic E-state index is 0.226. The largest absolute Gasteiger partial charge is 0.329 e. The van der Waals surface area contributed by atoms with Crippen molar-refractivity contribution >= 4 is 0 Å². The zero-order valence-electron chi connectivity index (χ0n) is 10.1. The van der Waals surface area contributed by atoms with Gasteiger partial charge in [-0.3, -0.25) is 4.90 Å². The summed E-state index contributed by atoms with van der Waals surface area (Å²) < 4.78 is 0. The fourth-order valence-corrected chi connectivity index (χ4v) is 2.54. The lowest BCUT2D eigenvalue weighted by Gasteiger charge is -2.43. The van der Waals surface area contributed by atoms with E-state index >= 15 is 0 Å². The van der Waals surface area contributed by atoms with Crippen LogP contribution in [0.1, 0.15) is 52.9 Å². The van der Waals surface area contributed by atoms with Crippen LogP contribution in [-0.2, 0) is 0 Å². The van der Waals surface area contributed by atoms with Gasteiger partial charge < -0.3 is 5.73 Å². The summed E-state index contributed by atoms with van der Waals surface area (Å²) in [5, 5.41) is 0. The van der Waals surface area contributed by atoms with Crippen molar-refractivity contribution < 1.29 is 0 Å². The van der Waals surface area contributed by atoms with Crippen molar-refractivity contribution in [1.82, 2.24) is 4.90 Å². The maximum atomic E-state index is 5.92. The Bertz CT molecular complexity index is 164. The van der Waals surface area contributed by atoms with Crippen molar-refractivity contribution in [3.63, 3.8) is 0 Å². The van der Waals surface area contributed by atoms with Gasteiger partial charge in [0.2, 0.25) is 0 Å². The van der Waals surface area contributed by atoms with E-state index in [4.69, 9.17) is 5.73 Å². The summed E-state index contributed by atoms with van der Waals surface area (Å²) in [7, 11) is 0. The molecule has 2 atom stereocenters. The topological polar surface area (TPSA) is 29.3 Å². The third-order valence-corrected chi connectivity index (χ3v) is 3.95. The van der Waals surface area contributed by atoms with Gasteiger partial charge in [0.15, 0.2) is 0 Å². The molecule has 0 aromatic carbocycles. The first kappa shape index (κ1) is 12.0. The SMILES string of the molecule is CCC(C)(CN)N1CCCCCC1C. The molecule has 2 nitrogen and oxygen atoms in total. The normalized spacial score (nSPS) is 29.6. The number of nitrogens with zero attached hydrogens (tertiary/aromatic N) is 1. The Hall–Kier alpha value is -0.0800. The second kappa shape index (κ2) is 5.13. The van der Waals surface area contributed by atoms with Gasteiger partial charge in [0.05, 0.1) is 0 Å². The molecule has 2 unspecified atom stereocenters. The first-order valence-corrected chi connectivity index (χ1v) is 6.11. The monoisotopic (exact) mass is 198 g/mol. The molecular weight excluding hydrogens is 172 g/mol. The van der Waals surface area contributed by atoms with Crippen molar-refractivity contribution in [2.75, 3.05) is 13.1 Å². The zero-order chi connectivity index (χ0) is 10.6. The number of hydrogen-bond donors (Lipinski definition) is 1. The average molecular weight is 198 g/mol. The summed E-state index contributed by atoms with van der Waals surface area (Å²) in [6.07, 6.45) is 6.64. The van der Waals surface area contributed by atoms with E-state index in [1.54, 1.807) is 0 Å². The Morgan fingerprint density at radius 3 is 2.64 bits per heavy atom. The molecule has 1 aliphatic rings. The van der Waals surface area contributed by atoms with E-state index in [1.165, 1.54) is 32.2 Å². The minimum Gasteiger partial charge on any atom is -0.329 e. The molecule has 2 N–H and O–H groups in total. The predicted molar refractivity (Wildman–Crippen MR) is 62.4 cm³/mol. The molecule has 0 bridgehead atoms. The molecule has 84 valence electrons. The standard InChI is InChI=1S/C12H26N2/c1-4-12(3,10-13)14-9-7-5-6-8-11(14)2/h11H,4-10,13H2,1-3H3. The van der Waals surface area contributed by atoms with Crippen LogP contribution in [0, 0.1) is 0 Å². The van der Waals surface area contributed by atoms with Gasteiger partial charge in [0, 0.05) is 18.1 Å². The molecule has 1 aliphatic heterocycles. The first-order chi connectivity index (χ1) is 6.64. The van der Waals surface area contributed by atoms with Gasteiger partial charge in [-0.15, -0.1) is 0 Å². The van der Waals surface area contributed by atoms with Crippen molar-refractivity contribution in [3.8, 4) is 0 Å². The van der Waals surface area contributed by atoms with Gasteiger partial charge in [-0.2, -0.15) is 0 Å². The van der Waals surface area contributed by atoms with Gasteiger partial charge in [0.1, 0.15) is 0 Å². The molecule has 0 spiro atoms. The fourth-order valence-electron chi connectivity index (χ4n) is 2.54. The molecule has 0 radical (unpaired) electrons. The van der Waals surface area contributed by atoms with Crippen LogP contribution >= 0.6 is 0 Å². The lowest BCUT2D eigenvalue weighted by molar-refractivity contribution is 0.0679. The molecule has 14 heavy (non-hydrogen) atoms. The second-order valence-corrected chi connectivity index (χ2v) is 4.95. The van der Waals surface area contributed by atoms with Crippen molar-refractivity contribution in [2.45, 2.75) is 64.5 Å². The molecular formula is C12H26N2. The molecule has 1 heterocycles. The van der Waals surface area contributed by atoms with Crippen LogP contribution in [-0.4, -0.2) is 29.6 Å². The van der Waals surface area contributed by atoms with Crippen LogP contribution in [0.5, 0.6) is 0 Å². The highest BCUT2D eigenvalue weighted by atomic mass is 15.2.